The van der Waals surface area contributed by atoms with Crippen LogP contribution in [-0.4, -0.2) is 136 Å². The standard InChI is InChI=1S/C17H12Cl2N2O.C15H16ClF2N3O.C14H15N3.C13H24N4O3S.2C11H19N3O/c18-14-7-5-12(6-8-14)17(22,13-9-20-11-21-10-13)15-3-1-2-4-16(15)19;1-3-12(21-14-13(16)9(2)19-8-20-14)10-4-6-11(7-5-10)22-15(17)18;1-10-9-13(11-7-8-11)17-14(15-10)16-12-5-3-2-4-6-12;1-6-8-9-11-10(3)15-13(14-7-2)16-12(11)20-21(18,19)17(4)5;1-5-6-7-9-8(2)12-11(14(3)4)13-10(9)15;1-4-6-7-9-8(3)13-11(12-5-2)14-10(9)15/h1-11,22H;4-8,12,15H,3H2,1-2H3,(H,19,20,21);2-6,9,11H,7-8H2,1H3,(H,15,16,17);6-9H2,1-5H3,(H,14,15,16);5-7H2,1-4H3,(H,12,13,15);4-7H2,1-3H3,(H2,12,13,14,15). The number of aliphatic hydroxyl groups is 1. The van der Waals surface area contributed by atoms with Gasteiger partial charge in [0.25, 0.3) is 0 Å². The summed E-state index contributed by atoms with van der Waals surface area (Å²) in [6.07, 6.45) is 17.9. The van der Waals surface area contributed by atoms with Crippen LogP contribution in [0.3, 0.4) is 0 Å². The van der Waals surface area contributed by atoms with E-state index in [1.807, 2.05) is 105 Å². The number of nitrogens with one attached hydrogen (secondary N) is 4. The van der Waals surface area contributed by atoms with E-state index in [1.54, 1.807) is 72.7 Å². The molecule has 0 bridgehead atoms. The molecule has 11 rings (SSSR count). The van der Waals surface area contributed by atoms with Gasteiger partial charge in [-0.25, -0.2) is 44.9 Å². The lowest BCUT2D eigenvalue weighted by Crippen LogP contribution is -2.29. The molecule has 1 saturated carbocycles. The van der Waals surface area contributed by atoms with Crippen LogP contribution in [-0.2, 0) is 35.2 Å². The van der Waals surface area contributed by atoms with Gasteiger partial charge in [0.2, 0.25) is 41.4 Å². The van der Waals surface area contributed by atoms with Crippen molar-refractivity contribution in [3.63, 3.8) is 0 Å². The van der Waals surface area contributed by atoms with Crippen molar-refractivity contribution in [2.75, 3.05) is 67.4 Å². The second-order valence-electron chi connectivity index (χ2n) is 26.4. The number of aryl methyl sites for hydroxylation is 5. The Hall–Kier alpha value is -9.84. The Kier molecular flexibility index (Phi) is 37.1. The van der Waals surface area contributed by atoms with Crippen LogP contribution < -0.4 is 35.1 Å². The quantitative estimate of drug-likeness (QED) is 0.0229. The van der Waals surface area contributed by atoms with Crippen molar-refractivity contribution >= 4 is 80.4 Å². The number of para-hydroxylation sites is 1. The number of halogens is 5. The number of aromatic nitrogens is 12. The van der Waals surface area contributed by atoms with E-state index in [4.69, 9.17) is 39.0 Å². The normalized spacial score (nSPS) is 12.3. The molecule has 0 amide bonds. The highest BCUT2D eigenvalue weighted by molar-refractivity contribution is 7.84. The van der Waals surface area contributed by atoms with E-state index in [2.05, 4.69) is 113 Å². The summed E-state index contributed by atoms with van der Waals surface area (Å²) in [4.78, 5) is 52.2. The molecule has 1 fully saturated rings. The summed E-state index contributed by atoms with van der Waals surface area (Å²) in [7, 11) is 2.72. The topological polar surface area (TPSA) is 323 Å². The Morgan fingerprint density at radius 2 is 1.16 bits per heavy atom. The molecule has 0 radical (unpaired) electrons. The molecule has 1 aliphatic carbocycles. The molecule has 1 aliphatic rings. The minimum atomic E-state index is -3.83. The molecule has 0 spiro atoms. The smallest absolute Gasteiger partial charge is 0.387 e. The molecule has 4 aromatic carbocycles. The van der Waals surface area contributed by atoms with Crippen molar-refractivity contribution in [1.82, 2.24) is 64.1 Å². The van der Waals surface area contributed by atoms with Crippen LogP contribution in [0.25, 0.3) is 0 Å². The van der Waals surface area contributed by atoms with Gasteiger partial charge in [0, 0.05) is 132 Å². The average Bonchev–Trinajstić information content (AvgIpc) is 0.856. The van der Waals surface area contributed by atoms with Gasteiger partial charge in [0.05, 0.1) is 11.7 Å². The molecule has 6 heterocycles. The summed E-state index contributed by atoms with van der Waals surface area (Å²) in [5.74, 6) is 3.84. The number of ether oxygens (including phenoxy) is 1. The van der Waals surface area contributed by atoms with E-state index < -0.39 is 22.5 Å². The summed E-state index contributed by atoms with van der Waals surface area (Å²) in [6, 6.07) is 32.7. The van der Waals surface area contributed by atoms with Gasteiger partial charge < -0.3 is 50.4 Å². The summed E-state index contributed by atoms with van der Waals surface area (Å²) >= 11 is 18.4. The number of hydrogen-bond donors (Lipinski definition) is 7. The Morgan fingerprint density at radius 1 is 0.607 bits per heavy atom. The van der Waals surface area contributed by atoms with Crippen molar-refractivity contribution in [3.8, 4) is 23.4 Å². The maximum Gasteiger partial charge on any atom is 0.387 e. The lowest BCUT2D eigenvalue weighted by atomic mass is 9.81. The van der Waals surface area contributed by atoms with Gasteiger partial charge in [-0.3, -0.25) is 0 Å². The predicted octanol–water partition coefficient (Wildman–Crippen LogP) is 18.0. The van der Waals surface area contributed by atoms with Crippen molar-refractivity contribution in [2.24, 2.45) is 0 Å². The third-order valence-corrected chi connectivity index (χ3v) is 19.5. The van der Waals surface area contributed by atoms with Crippen LogP contribution in [0, 0.1) is 34.6 Å². The molecular formula is C81H105Cl3F2N18O7S. The number of rotatable bonds is 29. The molecule has 25 nitrogen and oxygen atoms in total. The second-order valence-corrected chi connectivity index (χ2v) is 29.3. The second kappa shape index (κ2) is 45.6. The number of nitrogens with zero attached hydrogens (tertiary/aromatic N) is 14. The zero-order valence-corrected chi connectivity index (χ0v) is 69.5. The summed E-state index contributed by atoms with van der Waals surface area (Å²) in [5, 5.41) is 45.0. The van der Waals surface area contributed by atoms with Gasteiger partial charge in [-0.1, -0.05) is 142 Å². The van der Waals surface area contributed by atoms with Crippen LogP contribution >= 0.6 is 34.8 Å². The summed E-state index contributed by atoms with van der Waals surface area (Å²) in [5.41, 5.74) is 10.1. The van der Waals surface area contributed by atoms with Crippen LogP contribution in [0.1, 0.15) is 184 Å². The molecular weight excluding hydrogens is 1510 g/mol. The van der Waals surface area contributed by atoms with Gasteiger partial charge in [-0.2, -0.15) is 36.5 Å². The Balaban J connectivity index is 0.000000211. The fourth-order valence-electron chi connectivity index (χ4n) is 10.9. The van der Waals surface area contributed by atoms with Crippen molar-refractivity contribution in [3.05, 3.63) is 222 Å². The molecule has 0 saturated heterocycles. The third-order valence-electron chi connectivity index (χ3n) is 17.2. The maximum absolute atomic E-state index is 12.2. The summed E-state index contributed by atoms with van der Waals surface area (Å²) < 4.78 is 58.7. The number of hydrogen-bond acceptors (Lipinski definition) is 24. The molecule has 112 heavy (non-hydrogen) atoms. The number of aromatic hydroxyl groups is 2. The fourth-order valence-corrected chi connectivity index (χ4v) is 11.9. The molecule has 0 aliphatic heterocycles. The van der Waals surface area contributed by atoms with Gasteiger partial charge in [0.1, 0.15) is 34.8 Å². The maximum atomic E-state index is 12.2. The third kappa shape index (κ3) is 28.1. The minimum Gasteiger partial charge on any atom is -0.493 e. The van der Waals surface area contributed by atoms with Crippen LogP contribution in [0.5, 0.6) is 23.4 Å². The largest absolute Gasteiger partial charge is 0.493 e. The lowest BCUT2D eigenvalue weighted by Gasteiger charge is -2.30. The van der Waals surface area contributed by atoms with E-state index >= 15 is 0 Å². The van der Waals surface area contributed by atoms with Crippen LogP contribution in [0.4, 0.5) is 44.1 Å². The molecule has 10 aromatic rings. The first kappa shape index (κ1) is 91.0. The van der Waals surface area contributed by atoms with Crippen LogP contribution in [0.15, 0.2) is 134 Å². The van der Waals surface area contributed by atoms with E-state index in [1.165, 1.54) is 57.4 Å². The van der Waals surface area contributed by atoms with E-state index in [0.29, 0.717) is 85.9 Å². The first-order valence-electron chi connectivity index (χ1n) is 37.2. The zero-order valence-electron chi connectivity index (χ0n) is 66.4. The Labute approximate surface area is 672 Å². The van der Waals surface area contributed by atoms with E-state index in [0.717, 1.165) is 119 Å². The number of anilines is 6. The number of unbranched alkanes of at least 4 members (excludes halogenated alkanes) is 3. The van der Waals surface area contributed by atoms with Crippen molar-refractivity contribution < 1.29 is 41.4 Å². The van der Waals surface area contributed by atoms with Gasteiger partial charge in [0.15, 0.2) is 0 Å². The molecule has 6 aromatic heterocycles. The van der Waals surface area contributed by atoms with Gasteiger partial charge >= 0.3 is 16.9 Å². The zero-order chi connectivity index (χ0) is 82.1. The highest BCUT2D eigenvalue weighted by atomic mass is 35.5. The molecule has 2 unspecified atom stereocenters. The fraction of sp³-hybridized carbons (Fsp3) is 0.407. The average molecular weight is 1620 g/mol. The monoisotopic (exact) mass is 1620 g/mol. The molecule has 602 valence electrons. The predicted molar refractivity (Wildman–Crippen MR) is 442 cm³/mol. The first-order chi connectivity index (χ1) is 53.5. The first-order valence-corrected chi connectivity index (χ1v) is 39.7. The van der Waals surface area contributed by atoms with Gasteiger partial charge in [-0.15, -0.1) is 0 Å². The van der Waals surface area contributed by atoms with Crippen LogP contribution in [0.2, 0.25) is 15.1 Å². The molecule has 31 heteroatoms. The molecule has 2 atom stereocenters. The molecule has 7 N–H and O–H groups in total. The van der Waals surface area contributed by atoms with E-state index in [9.17, 15) is 32.5 Å². The number of alkyl halides is 2. The van der Waals surface area contributed by atoms with Gasteiger partial charge in [-0.05, 0) is 166 Å². The highest BCUT2D eigenvalue weighted by Gasteiger charge is 2.36. The van der Waals surface area contributed by atoms with Crippen molar-refractivity contribution in [1.29, 1.82) is 0 Å². The summed E-state index contributed by atoms with van der Waals surface area (Å²) in [6.45, 7) is 20.3. The Bertz CT molecular complexity index is 4600. The number of benzene rings is 4. The van der Waals surface area contributed by atoms with Crippen molar-refractivity contribution in [2.45, 2.75) is 177 Å². The Morgan fingerprint density at radius 3 is 1.69 bits per heavy atom. The lowest BCUT2D eigenvalue weighted by molar-refractivity contribution is -0.0498. The SMILES string of the molecule is CCC(Nc1ncnc(C)c1Cl)c1ccc(OC(F)F)cc1.CCCCc1c(C)nc(N(C)C)nc1O.CCCCc1c(C)nc(NCC)nc1O.CCCCc1c(C)nc(NCC)nc1OS(=O)(=O)N(C)C.Cc1cc(C2CC2)nc(Nc2ccccc2)n1.OC(c1ccc(Cl)cc1)(c1cncnc1)c1ccccc1Cl. The van der Waals surface area contributed by atoms with E-state index in [-0.39, 0.29) is 29.4 Å². The highest BCUT2D eigenvalue weighted by Crippen LogP contribution is 2.41. The minimum absolute atomic E-state index is 0.0487.